The van der Waals surface area contributed by atoms with Gasteiger partial charge in [0.1, 0.15) is 12.1 Å². The molecule has 37 heavy (non-hydrogen) atoms. The molecule has 1 unspecified atom stereocenters. The number of alkyl halides is 3. The van der Waals surface area contributed by atoms with Crippen LogP contribution >= 0.6 is 11.5 Å². The Kier molecular flexibility index (Phi) is 6.83. The zero-order chi connectivity index (χ0) is 26.4. The number of likely N-dealkylation sites (tertiary alicyclic amines) is 1. The van der Waals surface area contributed by atoms with Gasteiger partial charge in [0.15, 0.2) is 11.6 Å². The minimum absolute atomic E-state index is 0.0661. The zero-order valence-electron chi connectivity index (χ0n) is 19.1. The molecular weight excluding hydrogens is 539 g/mol. The van der Waals surface area contributed by atoms with Crippen LogP contribution in [0.2, 0.25) is 0 Å². The van der Waals surface area contributed by atoms with Gasteiger partial charge in [0.05, 0.1) is 17.4 Å². The first-order valence-electron chi connectivity index (χ1n) is 11.4. The van der Waals surface area contributed by atoms with Gasteiger partial charge in [0.2, 0.25) is 5.13 Å². The van der Waals surface area contributed by atoms with E-state index < -0.39 is 45.8 Å². The molecule has 3 aromatic rings. The molecule has 2 aliphatic heterocycles. The molecule has 1 fully saturated rings. The third-order valence-electron chi connectivity index (χ3n) is 6.72. The first-order valence-corrected chi connectivity index (χ1v) is 13.6. The van der Waals surface area contributed by atoms with Gasteiger partial charge in [-0.1, -0.05) is 12.1 Å². The second kappa shape index (κ2) is 9.80. The van der Waals surface area contributed by atoms with Crippen molar-refractivity contribution >= 4 is 26.7 Å². The number of benzene rings is 2. The molecule has 3 atom stereocenters. The minimum Gasteiger partial charge on any atom is -0.493 e. The highest BCUT2D eigenvalue weighted by atomic mass is 32.2. The largest absolute Gasteiger partial charge is 0.493 e. The standard InChI is InChI=1S/C23H21F5N4O3S2/c24-17-4-1-13(9-18(17)25)20-10-14(23(26,27)28)5-7-32(20)19-6-8-35-21-11-15(2-3-16(19)21)37(33,34)31-22-29-12-30-36-22/h1-4,9,11-12,14,19-20H,5-8,10H2,(H,29,30,31)/t14-,19?,20+/m1/s1. The molecule has 198 valence electrons. The van der Waals surface area contributed by atoms with E-state index in [0.29, 0.717) is 17.7 Å². The van der Waals surface area contributed by atoms with E-state index in [2.05, 4.69) is 14.1 Å². The van der Waals surface area contributed by atoms with Crippen molar-refractivity contribution in [2.45, 2.75) is 42.4 Å². The van der Waals surface area contributed by atoms with Gasteiger partial charge in [-0.2, -0.15) is 17.5 Å². The Labute approximate surface area is 213 Å². The predicted octanol–water partition coefficient (Wildman–Crippen LogP) is 5.46. The number of halogens is 5. The molecule has 3 heterocycles. The number of hydrogen-bond donors (Lipinski definition) is 1. The Balaban J connectivity index is 1.48. The van der Waals surface area contributed by atoms with E-state index in [4.69, 9.17) is 4.74 Å². The van der Waals surface area contributed by atoms with E-state index in [0.717, 1.165) is 23.7 Å². The van der Waals surface area contributed by atoms with E-state index in [1.165, 1.54) is 24.5 Å². The SMILES string of the molecule is O=S(=O)(Nc1ncns1)c1ccc2c(c1)OCCC2N1CC[C@@H](C(F)(F)F)C[C@H]1c1ccc(F)c(F)c1. The van der Waals surface area contributed by atoms with Gasteiger partial charge in [-0.15, -0.1) is 0 Å². The quantitative estimate of drug-likeness (QED) is 0.418. The summed E-state index contributed by atoms with van der Waals surface area (Å²) >= 11 is 0.875. The molecule has 1 aromatic heterocycles. The Morgan fingerprint density at radius 3 is 2.57 bits per heavy atom. The van der Waals surface area contributed by atoms with E-state index in [1.807, 2.05) is 4.90 Å². The Hall–Kier alpha value is -2.84. The first kappa shape index (κ1) is 25.8. The lowest BCUT2D eigenvalue weighted by molar-refractivity contribution is -0.192. The van der Waals surface area contributed by atoms with Crippen molar-refractivity contribution < 1.29 is 35.1 Å². The topological polar surface area (TPSA) is 84.4 Å². The van der Waals surface area contributed by atoms with Crippen molar-refractivity contribution in [1.29, 1.82) is 0 Å². The number of ether oxygens (including phenoxy) is 1. The predicted molar refractivity (Wildman–Crippen MR) is 125 cm³/mol. The lowest BCUT2D eigenvalue weighted by Gasteiger charge is -2.46. The van der Waals surface area contributed by atoms with Crippen LogP contribution < -0.4 is 9.46 Å². The van der Waals surface area contributed by atoms with Crippen molar-refractivity contribution in [3.63, 3.8) is 0 Å². The molecule has 2 aromatic carbocycles. The summed E-state index contributed by atoms with van der Waals surface area (Å²) in [6.07, 6.45) is -3.22. The molecule has 1 saturated heterocycles. The number of piperidine rings is 1. The lowest BCUT2D eigenvalue weighted by Crippen LogP contribution is -2.44. The maximum absolute atomic E-state index is 14.1. The summed E-state index contributed by atoms with van der Waals surface area (Å²) in [5, 5.41) is 0.0958. The monoisotopic (exact) mass is 560 g/mol. The second-order valence-corrected chi connectivity index (χ2v) is 11.4. The number of sulfonamides is 1. The normalized spacial score (nSPS) is 22.8. The highest BCUT2D eigenvalue weighted by Crippen LogP contribution is 2.48. The van der Waals surface area contributed by atoms with Crippen molar-refractivity contribution in [3.8, 4) is 5.75 Å². The third kappa shape index (κ3) is 5.27. The summed E-state index contributed by atoms with van der Waals surface area (Å²) in [6, 6.07) is 6.26. The molecule has 7 nitrogen and oxygen atoms in total. The van der Waals surface area contributed by atoms with Gasteiger partial charge in [0.25, 0.3) is 10.0 Å². The molecule has 0 saturated carbocycles. The van der Waals surface area contributed by atoms with E-state index in [-0.39, 0.29) is 41.6 Å². The molecule has 14 heteroatoms. The van der Waals surface area contributed by atoms with Crippen LogP contribution in [-0.2, 0) is 10.0 Å². The number of fused-ring (bicyclic) bond motifs is 1. The molecule has 0 radical (unpaired) electrons. The number of hydrogen-bond acceptors (Lipinski definition) is 7. The fraction of sp³-hybridized carbons (Fsp3) is 0.391. The number of nitrogens with one attached hydrogen (secondary N) is 1. The van der Waals surface area contributed by atoms with Crippen LogP contribution in [0.25, 0.3) is 0 Å². The summed E-state index contributed by atoms with van der Waals surface area (Å²) in [5.74, 6) is -3.50. The molecule has 1 N–H and O–H groups in total. The fourth-order valence-corrected chi connectivity index (χ4v) is 6.63. The van der Waals surface area contributed by atoms with Crippen LogP contribution in [0.4, 0.5) is 27.1 Å². The summed E-state index contributed by atoms with van der Waals surface area (Å²) in [7, 11) is -3.98. The highest BCUT2D eigenvalue weighted by Gasteiger charge is 2.46. The van der Waals surface area contributed by atoms with E-state index in [9.17, 15) is 30.4 Å². The van der Waals surface area contributed by atoms with Gasteiger partial charge in [-0.25, -0.2) is 22.2 Å². The maximum Gasteiger partial charge on any atom is 0.391 e. The Morgan fingerprint density at radius 2 is 1.86 bits per heavy atom. The summed E-state index contributed by atoms with van der Waals surface area (Å²) in [6.45, 7) is 0.269. The first-order chi connectivity index (χ1) is 17.5. The van der Waals surface area contributed by atoms with Crippen LogP contribution in [-0.4, -0.2) is 42.0 Å². The average molecular weight is 561 g/mol. The summed E-state index contributed by atoms with van der Waals surface area (Å²) in [5.41, 5.74) is 0.862. The maximum atomic E-state index is 14.1. The number of nitrogens with zero attached hydrogens (tertiary/aromatic N) is 3. The molecule has 0 bridgehead atoms. The van der Waals surface area contributed by atoms with Crippen molar-refractivity contribution in [2.75, 3.05) is 17.9 Å². The van der Waals surface area contributed by atoms with Gasteiger partial charge in [-0.3, -0.25) is 9.62 Å². The van der Waals surface area contributed by atoms with Crippen LogP contribution in [0.5, 0.6) is 5.75 Å². The second-order valence-electron chi connectivity index (χ2n) is 8.89. The van der Waals surface area contributed by atoms with Gasteiger partial charge in [0, 0.05) is 41.7 Å². The Morgan fingerprint density at radius 1 is 1.05 bits per heavy atom. The van der Waals surface area contributed by atoms with Gasteiger partial charge in [-0.05, 0) is 43.1 Å². The van der Waals surface area contributed by atoms with Crippen LogP contribution in [0.15, 0.2) is 47.6 Å². The fourth-order valence-electron chi connectivity index (χ4n) is 4.96. The molecule has 2 aliphatic rings. The lowest BCUT2D eigenvalue weighted by atomic mass is 9.84. The van der Waals surface area contributed by atoms with Crippen molar-refractivity contribution in [2.24, 2.45) is 5.92 Å². The number of aromatic nitrogens is 2. The van der Waals surface area contributed by atoms with Crippen molar-refractivity contribution in [3.05, 3.63) is 65.5 Å². The highest BCUT2D eigenvalue weighted by molar-refractivity contribution is 7.93. The third-order valence-corrected chi connectivity index (χ3v) is 8.77. The smallest absolute Gasteiger partial charge is 0.391 e. The van der Waals surface area contributed by atoms with Gasteiger partial charge >= 0.3 is 6.18 Å². The molecule has 0 amide bonds. The van der Waals surface area contributed by atoms with E-state index >= 15 is 0 Å². The zero-order valence-corrected chi connectivity index (χ0v) is 20.7. The van der Waals surface area contributed by atoms with E-state index in [1.54, 1.807) is 6.07 Å². The average Bonchev–Trinajstić information content (AvgIpc) is 3.36. The van der Waals surface area contributed by atoms with Gasteiger partial charge < -0.3 is 4.74 Å². The number of rotatable bonds is 5. The van der Waals surface area contributed by atoms with Crippen LogP contribution in [0.3, 0.4) is 0 Å². The Bertz CT molecular complexity index is 1390. The summed E-state index contributed by atoms with van der Waals surface area (Å²) < 4.78 is 106. The minimum atomic E-state index is -4.42. The molecule has 0 aliphatic carbocycles. The molecule has 5 rings (SSSR count). The number of anilines is 1. The molecular formula is C23H21F5N4O3S2. The summed E-state index contributed by atoms with van der Waals surface area (Å²) in [4.78, 5) is 5.59. The van der Waals surface area contributed by atoms with Crippen LogP contribution in [0, 0.1) is 17.6 Å². The molecule has 0 spiro atoms. The van der Waals surface area contributed by atoms with Crippen LogP contribution in [0.1, 0.15) is 42.5 Å². The van der Waals surface area contributed by atoms with Crippen molar-refractivity contribution in [1.82, 2.24) is 14.3 Å².